The Morgan fingerprint density at radius 1 is 1.16 bits per heavy atom. The van der Waals surface area contributed by atoms with Crippen molar-refractivity contribution in [3.05, 3.63) is 65.2 Å². The van der Waals surface area contributed by atoms with Crippen LogP contribution in [0.4, 0.5) is 5.69 Å². The van der Waals surface area contributed by atoms with E-state index < -0.39 is 11.9 Å². The second-order valence-corrected chi connectivity index (χ2v) is 6.82. The highest BCUT2D eigenvalue weighted by Gasteiger charge is 2.21. The molecule has 2 atom stereocenters. The van der Waals surface area contributed by atoms with E-state index in [4.69, 9.17) is 5.11 Å². The van der Waals surface area contributed by atoms with Crippen molar-refractivity contribution < 1.29 is 14.7 Å². The SMILES string of the molecule is CC(C(=O)O)c1cccc(NC(=O)CC2CCc3ccccc3C2)c1. The van der Waals surface area contributed by atoms with Crippen molar-refractivity contribution in [2.24, 2.45) is 5.92 Å². The zero-order valence-corrected chi connectivity index (χ0v) is 14.4. The van der Waals surface area contributed by atoms with Crippen LogP contribution in [0.5, 0.6) is 0 Å². The van der Waals surface area contributed by atoms with E-state index in [1.165, 1.54) is 11.1 Å². The first-order chi connectivity index (χ1) is 12.0. The van der Waals surface area contributed by atoms with Gasteiger partial charge in [0.2, 0.25) is 5.91 Å². The van der Waals surface area contributed by atoms with Crippen molar-refractivity contribution >= 4 is 17.6 Å². The van der Waals surface area contributed by atoms with Crippen LogP contribution < -0.4 is 5.32 Å². The van der Waals surface area contributed by atoms with E-state index >= 15 is 0 Å². The molecule has 2 aromatic carbocycles. The Hall–Kier alpha value is -2.62. The van der Waals surface area contributed by atoms with Gasteiger partial charge in [0.05, 0.1) is 5.92 Å². The van der Waals surface area contributed by atoms with Gasteiger partial charge in [-0.15, -0.1) is 0 Å². The van der Waals surface area contributed by atoms with Gasteiger partial charge >= 0.3 is 5.97 Å². The predicted octanol–water partition coefficient (Wildman–Crippen LogP) is 4.01. The molecule has 130 valence electrons. The predicted molar refractivity (Wildman–Crippen MR) is 97.7 cm³/mol. The number of rotatable bonds is 5. The number of carbonyl (C=O) groups excluding carboxylic acids is 1. The number of hydrogen-bond acceptors (Lipinski definition) is 2. The number of aryl methyl sites for hydroxylation is 1. The summed E-state index contributed by atoms with van der Waals surface area (Å²) in [6.45, 7) is 1.64. The fraction of sp³-hybridized carbons (Fsp3) is 0.333. The molecule has 25 heavy (non-hydrogen) atoms. The van der Waals surface area contributed by atoms with E-state index in [1.807, 2.05) is 0 Å². The molecule has 1 aliphatic rings. The molecule has 2 N–H and O–H groups in total. The van der Waals surface area contributed by atoms with E-state index in [9.17, 15) is 9.59 Å². The summed E-state index contributed by atoms with van der Waals surface area (Å²) in [6, 6.07) is 15.5. The van der Waals surface area contributed by atoms with Crippen LogP contribution >= 0.6 is 0 Å². The maximum Gasteiger partial charge on any atom is 0.310 e. The molecule has 3 rings (SSSR count). The lowest BCUT2D eigenvalue weighted by Gasteiger charge is -2.24. The summed E-state index contributed by atoms with van der Waals surface area (Å²) in [4.78, 5) is 23.5. The van der Waals surface area contributed by atoms with Gasteiger partial charge in [-0.25, -0.2) is 0 Å². The molecular weight excluding hydrogens is 314 g/mol. The summed E-state index contributed by atoms with van der Waals surface area (Å²) >= 11 is 0. The number of amides is 1. The topological polar surface area (TPSA) is 66.4 Å². The Labute approximate surface area is 147 Å². The van der Waals surface area contributed by atoms with Gasteiger partial charge in [-0.1, -0.05) is 36.4 Å². The van der Waals surface area contributed by atoms with Crippen LogP contribution in [0.2, 0.25) is 0 Å². The van der Waals surface area contributed by atoms with Gasteiger partial charge in [0.1, 0.15) is 0 Å². The summed E-state index contributed by atoms with van der Waals surface area (Å²) in [5.41, 5.74) is 4.10. The molecule has 4 nitrogen and oxygen atoms in total. The third-order valence-corrected chi connectivity index (χ3v) is 4.96. The molecule has 0 radical (unpaired) electrons. The lowest BCUT2D eigenvalue weighted by atomic mass is 9.82. The number of hydrogen-bond donors (Lipinski definition) is 2. The quantitative estimate of drug-likeness (QED) is 0.866. The number of benzene rings is 2. The van der Waals surface area contributed by atoms with Crippen LogP contribution in [0.15, 0.2) is 48.5 Å². The minimum Gasteiger partial charge on any atom is -0.481 e. The van der Waals surface area contributed by atoms with Crippen molar-refractivity contribution in [2.45, 2.75) is 38.5 Å². The molecule has 0 fully saturated rings. The molecule has 2 aromatic rings. The molecule has 0 aliphatic heterocycles. The van der Waals surface area contributed by atoms with Crippen LogP contribution in [0.1, 0.15) is 42.4 Å². The average Bonchev–Trinajstić information content (AvgIpc) is 2.61. The first-order valence-corrected chi connectivity index (χ1v) is 8.72. The molecule has 4 heteroatoms. The Morgan fingerprint density at radius 2 is 1.92 bits per heavy atom. The van der Waals surface area contributed by atoms with E-state index in [1.54, 1.807) is 31.2 Å². The average molecular weight is 337 g/mol. The van der Waals surface area contributed by atoms with Gasteiger partial charge in [0.25, 0.3) is 0 Å². The lowest BCUT2D eigenvalue weighted by molar-refractivity contribution is -0.138. The van der Waals surface area contributed by atoms with Gasteiger partial charge in [-0.2, -0.15) is 0 Å². The van der Waals surface area contributed by atoms with Gasteiger partial charge in [0, 0.05) is 12.1 Å². The first kappa shape index (κ1) is 17.2. The third-order valence-electron chi connectivity index (χ3n) is 4.96. The molecule has 0 heterocycles. The number of aliphatic carboxylic acids is 1. The largest absolute Gasteiger partial charge is 0.481 e. The zero-order valence-electron chi connectivity index (χ0n) is 14.4. The van der Waals surface area contributed by atoms with Crippen molar-refractivity contribution in [3.8, 4) is 0 Å². The molecule has 0 bridgehead atoms. The molecule has 0 spiro atoms. The van der Waals surface area contributed by atoms with E-state index in [2.05, 4.69) is 29.6 Å². The van der Waals surface area contributed by atoms with Crippen LogP contribution in [-0.4, -0.2) is 17.0 Å². The standard InChI is InChI=1S/C21H23NO3/c1-14(21(24)25)17-7-4-8-19(13-17)22-20(23)12-15-9-10-16-5-2-3-6-18(16)11-15/h2-8,13-15H,9-12H2,1H3,(H,22,23)(H,24,25). The van der Waals surface area contributed by atoms with Crippen molar-refractivity contribution in [1.82, 2.24) is 0 Å². The van der Waals surface area contributed by atoms with Crippen LogP contribution in [0.3, 0.4) is 0 Å². The molecule has 0 aromatic heterocycles. The highest BCUT2D eigenvalue weighted by atomic mass is 16.4. The number of carbonyl (C=O) groups is 2. The number of nitrogens with one attached hydrogen (secondary N) is 1. The van der Waals surface area contributed by atoms with Gasteiger partial charge in [-0.3, -0.25) is 9.59 Å². The van der Waals surface area contributed by atoms with Crippen molar-refractivity contribution in [2.75, 3.05) is 5.32 Å². The summed E-state index contributed by atoms with van der Waals surface area (Å²) in [5, 5.41) is 12.0. The molecule has 0 saturated heterocycles. The van der Waals surface area contributed by atoms with Gasteiger partial charge in [0.15, 0.2) is 0 Å². The first-order valence-electron chi connectivity index (χ1n) is 8.72. The van der Waals surface area contributed by atoms with E-state index in [-0.39, 0.29) is 5.91 Å². The summed E-state index contributed by atoms with van der Waals surface area (Å²) in [5.74, 6) is -1.11. The molecule has 1 amide bonds. The van der Waals surface area contributed by atoms with Crippen molar-refractivity contribution in [3.63, 3.8) is 0 Å². The highest BCUT2D eigenvalue weighted by molar-refractivity contribution is 5.91. The Morgan fingerprint density at radius 3 is 2.68 bits per heavy atom. The maximum absolute atomic E-state index is 12.4. The Balaban J connectivity index is 1.60. The fourth-order valence-electron chi connectivity index (χ4n) is 3.45. The summed E-state index contributed by atoms with van der Waals surface area (Å²) < 4.78 is 0. The second-order valence-electron chi connectivity index (χ2n) is 6.82. The van der Waals surface area contributed by atoms with Crippen LogP contribution in [0, 0.1) is 5.92 Å². The number of carboxylic acids is 1. The number of fused-ring (bicyclic) bond motifs is 1. The number of anilines is 1. The Kier molecular flexibility index (Phi) is 5.17. The Bertz CT molecular complexity index is 784. The summed E-state index contributed by atoms with van der Waals surface area (Å²) in [6.07, 6.45) is 3.49. The second kappa shape index (κ2) is 7.51. The lowest BCUT2D eigenvalue weighted by Crippen LogP contribution is -2.21. The van der Waals surface area contributed by atoms with Crippen LogP contribution in [-0.2, 0) is 22.4 Å². The smallest absolute Gasteiger partial charge is 0.310 e. The minimum absolute atomic E-state index is 0.00971. The monoisotopic (exact) mass is 337 g/mol. The molecular formula is C21H23NO3. The normalized spacial score (nSPS) is 17.4. The van der Waals surface area contributed by atoms with Gasteiger partial charge < -0.3 is 10.4 Å². The highest BCUT2D eigenvalue weighted by Crippen LogP contribution is 2.28. The summed E-state index contributed by atoms with van der Waals surface area (Å²) in [7, 11) is 0. The molecule has 0 saturated carbocycles. The van der Waals surface area contributed by atoms with Crippen LogP contribution in [0.25, 0.3) is 0 Å². The minimum atomic E-state index is -0.871. The molecule has 1 aliphatic carbocycles. The zero-order chi connectivity index (χ0) is 17.8. The fourth-order valence-corrected chi connectivity index (χ4v) is 3.45. The third kappa shape index (κ3) is 4.27. The number of carboxylic acid groups (broad SMARTS) is 1. The maximum atomic E-state index is 12.4. The van der Waals surface area contributed by atoms with E-state index in [0.717, 1.165) is 19.3 Å². The van der Waals surface area contributed by atoms with Crippen molar-refractivity contribution in [1.29, 1.82) is 0 Å². The van der Waals surface area contributed by atoms with Gasteiger partial charge in [-0.05, 0) is 60.9 Å². The molecule has 2 unspecified atom stereocenters. The van der Waals surface area contributed by atoms with E-state index in [0.29, 0.717) is 23.6 Å².